The Kier molecular flexibility index (Phi) is 12.2. The van der Waals surface area contributed by atoms with E-state index in [9.17, 15) is 18.0 Å². The Morgan fingerprint density at radius 3 is 1.94 bits per heavy atom. The number of sulfonamides is 1. The Morgan fingerprint density at radius 1 is 0.792 bits per heavy atom. The number of nitrogens with one attached hydrogen (secondary N) is 1. The zero-order valence-corrected chi connectivity index (χ0v) is 29.3. The van der Waals surface area contributed by atoms with Gasteiger partial charge in [-0.3, -0.25) is 13.9 Å². The van der Waals surface area contributed by atoms with E-state index in [1.165, 1.54) is 37.3 Å². The lowest BCUT2D eigenvalue weighted by atomic mass is 10.0. The van der Waals surface area contributed by atoms with Crippen LogP contribution in [-0.2, 0) is 32.6 Å². The molecule has 0 aliphatic heterocycles. The molecule has 0 saturated heterocycles. The van der Waals surface area contributed by atoms with Gasteiger partial charge in [-0.15, -0.1) is 0 Å². The summed E-state index contributed by atoms with van der Waals surface area (Å²) < 4.78 is 40.9. The number of carbonyl (C=O) groups excluding carboxylic acids is 2. The first-order chi connectivity index (χ1) is 23.0. The van der Waals surface area contributed by atoms with E-state index in [-0.39, 0.29) is 35.6 Å². The summed E-state index contributed by atoms with van der Waals surface area (Å²) >= 11 is 0. The minimum atomic E-state index is -4.32. The van der Waals surface area contributed by atoms with Crippen molar-refractivity contribution in [1.29, 1.82) is 0 Å². The maximum Gasteiger partial charge on any atom is 0.264 e. The van der Waals surface area contributed by atoms with Crippen molar-refractivity contribution in [3.63, 3.8) is 0 Å². The van der Waals surface area contributed by atoms with Crippen LogP contribution in [0.25, 0.3) is 0 Å². The van der Waals surface area contributed by atoms with Gasteiger partial charge in [-0.1, -0.05) is 73.7 Å². The molecule has 4 aromatic carbocycles. The first-order valence-corrected chi connectivity index (χ1v) is 17.4. The zero-order valence-electron chi connectivity index (χ0n) is 28.5. The number of aryl methyl sites for hydroxylation is 2. The van der Waals surface area contributed by atoms with Crippen LogP contribution in [0.1, 0.15) is 42.5 Å². The first kappa shape index (κ1) is 36.0. The summed E-state index contributed by atoms with van der Waals surface area (Å²) in [6.45, 7) is 7.19. The van der Waals surface area contributed by atoms with E-state index < -0.39 is 28.5 Å². The summed E-state index contributed by atoms with van der Waals surface area (Å²) in [5.41, 5.74) is 3.68. The Bertz CT molecular complexity index is 1780. The Balaban J connectivity index is 1.84. The van der Waals surface area contributed by atoms with Crippen LogP contribution in [0.15, 0.2) is 102 Å². The van der Waals surface area contributed by atoms with E-state index in [1.54, 1.807) is 12.1 Å². The number of hydrogen-bond donors (Lipinski definition) is 1. The van der Waals surface area contributed by atoms with E-state index in [0.29, 0.717) is 17.9 Å². The molecule has 0 heterocycles. The summed E-state index contributed by atoms with van der Waals surface area (Å²) in [5, 5.41) is 3.06. The van der Waals surface area contributed by atoms with E-state index in [0.717, 1.165) is 26.6 Å². The molecule has 4 rings (SSSR count). The van der Waals surface area contributed by atoms with Crippen molar-refractivity contribution < 1.29 is 27.5 Å². The second kappa shape index (κ2) is 16.3. The monoisotopic (exact) mass is 671 g/mol. The first-order valence-electron chi connectivity index (χ1n) is 16.0. The minimum Gasteiger partial charge on any atom is -0.493 e. The molecule has 254 valence electrons. The highest BCUT2D eigenvalue weighted by atomic mass is 32.2. The molecular formula is C38H45N3O6S. The molecule has 0 unspecified atom stereocenters. The number of benzene rings is 4. The molecular weight excluding hydrogens is 627 g/mol. The topological polar surface area (TPSA) is 105 Å². The van der Waals surface area contributed by atoms with Gasteiger partial charge in [0.05, 0.1) is 24.8 Å². The molecule has 2 amide bonds. The average molecular weight is 672 g/mol. The van der Waals surface area contributed by atoms with Gasteiger partial charge in [0.25, 0.3) is 10.0 Å². The fraction of sp³-hybridized carbons (Fsp3) is 0.316. The van der Waals surface area contributed by atoms with Gasteiger partial charge in [-0.25, -0.2) is 8.42 Å². The number of ether oxygens (including phenoxy) is 2. The molecule has 0 spiro atoms. The largest absolute Gasteiger partial charge is 0.493 e. The number of carbonyl (C=O) groups is 2. The second-order valence-electron chi connectivity index (χ2n) is 11.9. The van der Waals surface area contributed by atoms with E-state index in [2.05, 4.69) is 5.32 Å². The third-order valence-corrected chi connectivity index (χ3v) is 9.95. The van der Waals surface area contributed by atoms with Crippen LogP contribution in [0.5, 0.6) is 11.5 Å². The molecule has 0 aliphatic rings. The van der Waals surface area contributed by atoms with Crippen molar-refractivity contribution in [1.82, 2.24) is 10.2 Å². The molecule has 0 aromatic heterocycles. The van der Waals surface area contributed by atoms with Crippen LogP contribution in [-0.4, -0.2) is 58.0 Å². The lowest BCUT2D eigenvalue weighted by Crippen LogP contribution is -2.54. The molecule has 1 N–H and O–H groups in total. The molecule has 0 bridgehead atoms. The normalized spacial score (nSPS) is 12.5. The number of methoxy groups -OCH3 is 2. The van der Waals surface area contributed by atoms with E-state index in [1.807, 2.05) is 94.4 Å². The van der Waals surface area contributed by atoms with Crippen molar-refractivity contribution in [2.45, 2.75) is 64.1 Å². The number of nitrogens with zero attached hydrogens (tertiary/aromatic N) is 2. The van der Waals surface area contributed by atoms with Gasteiger partial charge in [-0.2, -0.15) is 0 Å². The highest BCUT2D eigenvalue weighted by Gasteiger charge is 2.35. The van der Waals surface area contributed by atoms with Gasteiger partial charge < -0.3 is 19.7 Å². The maximum absolute atomic E-state index is 14.7. The smallest absolute Gasteiger partial charge is 0.264 e. The molecule has 2 atom stereocenters. The van der Waals surface area contributed by atoms with Gasteiger partial charge in [0.15, 0.2) is 11.5 Å². The van der Waals surface area contributed by atoms with E-state index >= 15 is 0 Å². The number of hydrogen-bond acceptors (Lipinski definition) is 6. The lowest BCUT2D eigenvalue weighted by molar-refractivity contribution is -0.140. The second-order valence-corrected chi connectivity index (χ2v) is 13.8. The third kappa shape index (κ3) is 8.95. The average Bonchev–Trinajstić information content (AvgIpc) is 3.08. The van der Waals surface area contributed by atoms with Gasteiger partial charge in [-0.05, 0) is 73.7 Å². The van der Waals surface area contributed by atoms with E-state index in [4.69, 9.17) is 9.47 Å². The number of rotatable bonds is 15. The molecule has 0 aliphatic carbocycles. The van der Waals surface area contributed by atoms with Crippen LogP contribution >= 0.6 is 0 Å². The summed E-state index contributed by atoms with van der Waals surface area (Å²) in [6, 6.07) is 27.6. The standard InChI is InChI=1S/C38H45N3O6S/c1-7-29(4)39-38(43)34(23-30-14-10-8-11-15-30)40(25-31-16-12-9-13-17-31)37(42)26-41(32-21-27(2)20-28(3)22-32)48(44,45)33-18-19-35(46-5)36(24-33)47-6/h8-22,24,29,34H,7,23,25-26H2,1-6H3,(H,39,43)/t29-,34-/m1/s1. The number of amides is 2. The van der Waals surface area contributed by atoms with Crippen molar-refractivity contribution in [3.05, 3.63) is 119 Å². The number of anilines is 1. The van der Waals surface area contributed by atoms with Crippen molar-refractivity contribution in [2.24, 2.45) is 0 Å². The summed E-state index contributed by atoms with van der Waals surface area (Å²) in [6.07, 6.45) is 0.953. The summed E-state index contributed by atoms with van der Waals surface area (Å²) in [4.78, 5) is 30.1. The molecule has 0 fully saturated rings. The maximum atomic E-state index is 14.7. The fourth-order valence-corrected chi connectivity index (χ4v) is 6.92. The van der Waals surface area contributed by atoms with Crippen LogP contribution in [0.3, 0.4) is 0 Å². The van der Waals surface area contributed by atoms with Gasteiger partial charge in [0.1, 0.15) is 12.6 Å². The van der Waals surface area contributed by atoms with Crippen molar-refractivity contribution >= 4 is 27.5 Å². The quantitative estimate of drug-likeness (QED) is 0.165. The molecule has 9 nitrogen and oxygen atoms in total. The van der Waals surface area contributed by atoms with Gasteiger partial charge in [0, 0.05) is 25.1 Å². The predicted molar refractivity (Wildman–Crippen MR) is 189 cm³/mol. The van der Waals surface area contributed by atoms with Gasteiger partial charge in [0.2, 0.25) is 11.8 Å². The van der Waals surface area contributed by atoms with Crippen LogP contribution < -0.4 is 19.1 Å². The van der Waals surface area contributed by atoms with Crippen LogP contribution in [0.2, 0.25) is 0 Å². The highest BCUT2D eigenvalue weighted by Crippen LogP contribution is 2.33. The molecule has 4 aromatic rings. The van der Waals surface area contributed by atoms with Crippen LogP contribution in [0, 0.1) is 13.8 Å². The summed E-state index contributed by atoms with van der Waals surface area (Å²) in [7, 11) is -1.43. The Morgan fingerprint density at radius 2 is 1.38 bits per heavy atom. The Labute approximate surface area is 284 Å². The Hall–Kier alpha value is -4.83. The van der Waals surface area contributed by atoms with Crippen molar-refractivity contribution in [3.8, 4) is 11.5 Å². The highest BCUT2D eigenvalue weighted by molar-refractivity contribution is 7.92. The summed E-state index contributed by atoms with van der Waals surface area (Å²) in [5.74, 6) is -0.225. The molecule has 48 heavy (non-hydrogen) atoms. The predicted octanol–water partition coefficient (Wildman–Crippen LogP) is 6.07. The SMILES string of the molecule is CC[C@@H](C)NC(=O)[C@@H](Cc1ccccc1)N(Cc1ccccc1)C(=O)CN(c1cc(C)cc(C)c1)S(=O)(=O)c1ccc(OC)c(OC)c1. The molecule has 10 heteroatoms. The molecule has 0 saturated carbocycles. The zero-order chi connectivity index (χ0) is 34.8. The van der Waals surface area contributed by atoms with Crippen molar-refractivity contribution in [2.75, 3.05) is 25.1 Å². The minimum absolute atomic E-state index is 0.0722. The lowest BCUT2D eigenvalue weighted by Gasteiger charge is -2.34. The fourth-order valence-electron chi connectivity index (χ4n) is 5.50. The molecule has 0 radical (unpaired) electrons. The third-order valence-electron chi connectivity index (χ3n) is 8.18. The van der Waals surface area contributed by atoms with Gasteiger partial charge >= 0.3 is 0 Å². The van der Waals surface area contributed by atoms with Crippen LogP contribution in [0.4, 0.5) is 5.69 Å².